The molecule has 0 radical (unpaired) electrons. The Kier molecular flexibility index (Phi) is 12.0. The van der Waals surface area contributed by atoms with Gasteiger partial charge in [-0.2, -0.15) is 0 Å². The minimum absolute atomic E-state index is 0. The van der Waals surface area contributed by atoms with E-state index in [0.29, 0.717) is 18.6 Å². The van der Waals surface area contributed by atoms with Gasteiger partial charge >= 0.3 is 0 Å². The van der Waals surface area contributed by atoms with E-state index in [1.807, 2.05) is 6.92 Å². The number of hydrogen-bond acceptors (Lipinski definition) is 2. The van der Waals surface area contributed by atoms with Gasteiger partial charge in [-0.15, -0.1) is 24.0 Å². The van der Waals surface area contributed by atoms with Crippen molar-refractivity contribution >= 4 is 29.9 Å². The Morgan fingerprint density at radius 3 is 2.17 bits per heavy atom. The lowest BCUT2D eigenvalue weighted by molar-refractivity contribution is 0.178. The van der Waals surface area contributed by atoms with Crippen molar-refractivity contribution in [3.05, 3.63) is 35.6 Å². The molecule has 0 aromatic heterocycles. The van der Waals surface area contributed by atoms with E-state index in [2.05, 4.69) is 48.2 Å². The zero-order chi connectivity index (χ0) is 17.2. The normalized spacial score (nSPS) is 11.8. The van der Waals surface area contributed by atoms with Crippen molar-refractivity contribution in [1.82, 2.24) is 15.5 Å². The van der Waals surface area contributed by atoms with Gasteiger partial charge in [-0.05, 0) is 52.3 Å². The lowest BCUT2D eigenvalue weighted by Gasteiger charge is -2.30. The van der Waals surface area contributed by atoms with Crippen molar-refractivity contribution in [2.75, 3.05) is 19.6 Å². The zero-order valence-electron chi connectivity index (χ0n) is 15.5. The van der Waals surface area contributed by atoms with Crippen LogP contribution in [0.25, 0.3) is 0 Å². The molecule has 6 heteroatoms. The number of benzene rings is 1. The summed E-state index contributed by atoms with van der Waals surface area (Å²) in [5, 5.41) is 6.61. The molecule has 0 bridgehead atoms. The first-order chi connectivity index (χ1) is 10.9. The standard InChI is InChI=1S/C18H31FN4.HI/c1-6-20-18(21-11-12-23(14(2)3)15(4)5)22-13-16-7-9-17(19)10-8-16;/h7-10,14-15H,6,11-13H2,1-5H3,(H2,20,21,22);1H. The molecule has 0 saturated carbocycles. The summed E-state index contributed by atoms with van der Waals surface area (Å²) in [4.78, 5) is 6.99. The smallest absolute Gasteiger partial charge is 0.191 e. The Labute approximate surface area is 163 Å². The highest BCUT2D eigenvalue weighted by Gasteiger charge is 2.12. The lowest BCUT2D eigenvalue weighted by Crippen LogP contribution is -2.45. The van der Waals surface area contributed by atoms with Crippen LogP contribution in [0.3, 0.4) is 0 Å². The molecule has 1 aromatic rings. The first-order valence-electron chi connectivity index (χ1n) is 8.46. The maximum Gasteiger partial charge on any atom is 0.191 e. The van der Waals surface area contributed by atoms with E-state index in [1.165, 1.54) is 12.1 Å². The van der Waals surface area contributed by atoms with Crippen LogP contribution in [0, 0.1) is 5.82 Å². The minimum atomic E-state index is -0.217. The van der Waals surface area contributed by atoms with Gasteiger partial charge in [-0.3, -0.25) is 4.90 Å². The summed E-state index contributed by atoms with van der Waals surface area (Å²) in [6, 6.07) is 7.51. The van der Waals surface area contributed by atoms with Crippen molar-refractivity contribution in [3.63, 3.8) is 0 Å². The topological polar surface area (TPSA) is 39.7 Å². The molecule has 0 fully saturated rings. The number of halogens is 2. The van der Waals surface area contributed by atoms with Crippen LogP contribution in [0.1, 0.15) is 40.2 Å². The van der Waals surface area contributed by atoms with Gasteiger partial charge in [0.1, 0.15) is 5.82 Å². The second kappa shape index (κ2) is 12.5. The van der Waals surface area contributed by atoms with E-state index in [1.54, 1.807) is 12.1 Å². The predicted octanol–water partition coefficient (Wildman–Crippen LogP) is 3.62. The van der Waals surface area contributed by atoms with Crippen molar-refractivity contribution in [3.8, 4) is 0 Å². The fourth-order valence-corrected chi connectivity index (χ4v) is 2.52. The highest BCUT2D eigenvalue weighted by molar-refractivity contribution is 14.0. The molecular formula is C18H32FIN4. The van der Waals surface area contributed by atoms with Gasteiger partial charge in [-0.25, -0.2) is 9.38 Å². The van der Waals surface area contributed by atoms with Crippen LogP contribution in [0.4, 0.5) is 4.39 Å². The third kappa shape index (κ3) is 8.82. The van der Waals surface area contributed by atoms with E-state index < -0.39 is 0 Å². The van der Waals surface area contributed by atoms with Crippen molar-refractivity contribution in [2.24, 2.45) is 4.99 Å². The van der Waals surface area contributed by atoms with Gasteiger partial charge < -0.3 is 10.6 Å². The molecule has 0 aliphatic carbocycles. The van der Waals surface area contributed by atoms with Gasteiger partial charge in [0, 0.05) is 31.7 Å². The molecule has 24 heavy (non-hydrogen) atoms. The SMILES string of the molecule is CCNC(=NCc1ccc(F)cc1)NCCN(C(C)C)C(C)C.I. The molecule has 0 aliphatic rings. The maximum atomic E-state index is 12.9. The summed E-state index contributed by atoms with van der Waals surface area (Å²) in [6.07, 6.45) is 0. The summed E-state index contributed by atoms with van der Waals surface area (Å²) in [5.74, 6) is 0.578. The van der Waals surface area contributed by atoms with E-state index >= 15 is 0 Å². The van der Waals surface area contributed by atoms with Gasteiger partial charge in [0.15, 0.2) is 5.96 Å². The molecule has 0 aliphatic heterocycles. The van der Waals surface area contributed by atoms with E-state index in [4.69, 9.17) is 0 Å². The van der Waals surface area contributed by atoms with Crippen LogP contribution < -0.4 is 10.6 Å². The van der Waals surface area contributed by atoms with E-state index in [9.17, 15) is 4.39 Å². The fourth-order valence-electron chi connectivity index (χ4n) is 2.52. The molecule has 0 amide bonds. The summed E-state index contributed by atoms with van der Waals surface area (Å²) < 4.78 is 12.9. The zero-order valence-corrected chi connectivity index (χ0v) is 17.8. The molecule has 0 spiro atoms. The molecule has 2 N–H and O–H groups in total. The van der Waals surface area contributed by atoms with Crippen LogP contribution in [-0.2, 0) is 6.54 Å². The quantitative estimate of drug-likeness (QED) is 0.361. The van der Waals surface area contributed by atoms with Crippen LogP contribution in [0.5, 0.6) is 0 Å². The third-order valence-electron chi connectivity index (χ3n) is 3.67. The van der Waals surface area contributed by atoms with Crippen LogP contribution in [0.15, 0.2) is 29.3 Å². The molecule has 0 atom stereocenters. The molecule has 0 heterocycles. The number of hydrogen-bond donors (Lipinski definition) is 2. The second-order valence-electron chi connectivity index (χ2n) is 6.17. The number of rotatable bonds is 8. The Balaban J connectivity index is 0.00000529. The molecule has 0 unspecified atom stereocenters. The fraction of sp³-hybridized carbons (Fsp3) is 0.611. The van der Waals surface area contributed by atoms with Gasteiger partial charge in [0.2, 0.25) is 0 Å². The lowest BCUT2D eigenvalue weighted by atomic mass is 10.2. The van der Waals surface area contributed by atoms with Crippen LogP contribution in [0.2, 0.25) is 0 Å². The van der Waals surface area contributed by atoms with Gasteiger partial charge in [-0.1, -0.05) is 12.1 Å². The van der Waals surface area contributed by atoms with Crippen molar-refractivity contribution < 1.29 is 4.39 Å². The summed E-state index contributed by atoms with van der Waals surface area (Å²) in [7, 11) is 0. The summed E-state index contributed by atoms with van der Waals surface area (Å²) >= 11 is 0. The number of guanidine groups is 1. The average Bonchev–Trinajstić information content (AvgIpc) is 2.49. The molecule has 4 nitrogen and oxygen atoms in total. The number of nitrogens with zero attached hydrogens (tertiary/aromatic N) is 2. The molecule has 1 aromatic carbocycles. The Bertz CT molecular complexity index is 466. The Morgan fingerprint density at radius 2 is 1.67 bits per heavy atom. The van der Waals surface area contributed by atoms with Crippen LogP contribution >= 0.6 is 24.0 Å². The van der Waals surface area contributed by atoms with Gasteiger partial charge in [0.05, 0.1) is 6.54 Å². The largest absolute Gasteiger partial charge is 0.357 e. The molecule has 1 rings (SSSR count). The van der Waals surface area contributed by atoms with E-state index in [0.717, 1.165) is 31.2 Å². The van der Waals surface area contributed by atoms with Crippen LogP contribution in [-0.4, -0.2) is 42.6 Å². The number of nitrogens with one attached hydrogen (secondary N) is 2. The van der Waals surface area contributed by atoms with E-state index in [-0.39, 0.29) is 29.8 Å². The highest BCUT2D eigenvalue weighted by atomic mass is 127. The minimum Gasteiger partial charge on any atom is -0.357 e. The monoisotopic (exact) mass is 450 g/mol. The second-order valence-corrected chi connectivity index (χ2v) is 6.17. The summed E-state index contributed by atoms with van der Waals surface area (Å²) in [6.45, 7) is 14.1. The molecule has 0 saturated heterocycles. The highest BCUT2D eigenvalue weighted by Crippen LogP contribution is 2.04. The van der Waals surface area contributed by atoms with Crippen molar-refractivity contribution in [1.29, 1.82) is 0 Å². The first-order valence-corrected chi connectivity index (χ1v) is 8.46. The molecule has 138 valence electrons. The number of aliphatic imine (C=N–C) groups is 1. The average molecular weight is 450 g/mol. The van der Waals surface area contributed by atoms with Gasteiger partial charge in [0.25, 0.3) is 0 Å². The Hall–Kier alpha value is -0.890. The predicted molar refractivity (Wildman–Crippen MR) is 112 cm³/mol. The third-order valence-corrected chi connectivity index (χ3v) is 3.67. The van der Waals surface area contributed by atoms with Crippen molar-refractivity contribution in [2.45, 2.75) is 53.2 Å². The summed E-state index contributed by atoms with van der Waals surface area (Å²) in [5.41, 5.74) is 0.995. The maximum absolute atomic E-state index is 12.9. The Morgan fingerprint density at radius 1 is 1.08 bits per heavy atom. The first kappa shape index (κ1) is 23.1. The molecular weight excluding hydrogens is 418 g/mol.